The van der Waals surface area contributed by atoms with Gasteiger partial charge >= 0.3 is 0 Å². The fraction of sp³-hybridized carbons (Fsp3) is 0.636. The maximum absolute atomic E-state index is 12.4. The lowest BCUT2D eigenvalue weighted by atomic mass is 9.48. The van der Waals surface area contributed by atoms with Gasteiger partial charge in [-0.3, -0.25) is 9.59 Å². The largest absolute Gasteiger partial charge is 0.497 e. The Labute approximate surface area is 161 Å². The van der Waals surface area contributed by atoms with E-state index in [9.17, 15) is 9.59 Å². The molecule has 27 heavy (non-hydrogen) atoms. The number of amides is 2. The van der Waals surface area contributed by atoms with Crippen LogP contribution in [0.15, 0.2) is 24.3 Å². The van der Waals surface area contributed by atoms with Crippen molar-refractivity contribution in [3.63, 3.8) is 0 Å². The second-order valence-corrected chi connectivity index (χ2v) is 8.98. The van der Waals surface area contributed by atoms with Gasteiger partial charge in [-0.2, -0.15) is 0 Å². The van der Waals surface area contributed by atoms with E-state index in [0.717, 1.165) is 17.8 Å². The van der Waals surface area contributed by atoms with Crippen LogP contribution in [0.1, 0.15) is 55.8 Å². The first-order valence-electron chi connectivity index (χ1n) is 10.2. The van der Waals surface area contributed by atoms with Gasteiger partial charge < -0.3 is 15.4 Å². The van der Waals surface area contributed by atoms with Crippen LogP contribution < -0.4 is 15.4 Å². The predicted octanol–water partition coefficient (Wildman–Crippen LogP) is 3.15. The van der Waals surface area contributed by atoms with Crippen LogP contribution in [0.25, 0.3) is 0 Å². The van der Waals surface area contributed by atoms with Gasteiger partial charge in [0.25, 0.3) is 5.91 Å². The Bertz CT molecular complexity index is 677. The number of carbonyl (C=O) groups is 2. The Morgan fingerprint density at radius 3 is 2.15 bits per heavy atom. The van der Waals surface area contributed by atoms with Crippen LogP contribution in [0.3, 0.4) is 0 Å². The number of benzene rings is 1. The van der Waals surface area contributed by atoms with Gasteiger partial charge in [0, 0.05) is 11.6 Å². The first-order chi connectivity index (χ1) is 13.0. The summed E-state index contributed by atoms with van der Waals surface area (Å²) in [6.07, 6.45) is 7.99. The molecule has 146 valence electrons. The monoisotopic (exact) mass is 370 g/mol. The standard InChI is InChI=1S/C22H30N2O3/c1-14(22-10-15-7-16(11-22)9-17(8-15)12-22)24-20(25)13-23-21(26)18-3-5-19(27-2)6-4-18/h3-6,14-17H,7-13H2,1-2H3,(H,23,26)(H,24,25)/t14-,15?,16?,17?,22?/m1/s1. The molecule has 0 spiro atoms. The van der Waals surface area contributed by atoms with Crippen molar-refractivity contribution in [3.05, 3.63) is 29.8 Å². The SMILES string of the molecule is COc1ccc(C(=O)NCC(=O)N[C@H](C)C23CC4CC(CC(C4)C2)C3)cc1. The fourth-order valence-electron chi connectivity index (χ4n) is 6.16. The van der Waals surface area contributed by atoms with E-state index in [1.807, 2.05) is 0 Å². The van der Waals surface area contributed by atoms with Gasteiger partial charge in [0.2, 0.25) is 5.91 Å². The summed E-state index contributed by atoms with van der Waals surface area (Å²) in [5.41, 5.74) is 0.808. The second-order valence-electron chi connectivity index (χ2n) is 8.98. The van der Waals surface area contributed by atoms with Crippen LogP contribution in [0, 0.1) is 23.2 Å². The topological polar surface area (TPSA) is 67.4 Å². The van der Waals surface area contributed by atoms with Crippen molar-refractivity contribution in [2.75, 3.05) is 13.7 Å². The Morgan fingerprint density at radius 2 is 1.63 bits per heavy atom. The molecule has 0 radical (unpaired) electrons. The van der Waals surface area contributed by atoms with Gasteiger partial charge in [0.05, 0.1) is 13.7 Å². The maximum Gasteiger partial charge on any atom is 0.251 e. The van der Waals surface area contributed by atoms with Gasteiger partial charge in [-0.1, -0.05) is 0 Å². The minimum absolute atomic E-state index is 0.0154. The summed E-state index contributed by atoms with van der Waals surface area (Å²) < 4.78 is 5.10. The number of rotatable bonds is 6. The fourth-order valence-corrected chi connectivity index (χ4v) is 6.16. The highest BCUT2D eigenvalue weighted by Crippen LogP contribution is 2.61. The molecule has 0 aromatic heterocycles. The van der Waals surface area contributed by atoms with E-state index in [-0.39, 0.29) is 29.8 Å². The van der Waals surface area contributed by atoms with Crippen molar-refractivity contribution in [1.82, 2.24) is 10.6 Å². The third-order valence-corrected chi connectivity index (χ3v) is 7.14. The average molecular weight is 370 g/mol. The first-order valence-corrected chi connectivity index (χ1v) is 10.2. The Kier molecular flexibility index (Phi) is 4.87. The molecule has 0 unspecified atom stereocenters. The minimum atomic E-state index is -0.240. The van der Waals surface area contributed by atoms with Crippen molar-refractivity contribution < 1.29 is 14.3 Å². The molecule has 1 atom stereocenters. The summed E-state index contributed by atoms with van der Waals surface area (Å²) in [5.74, 6) is 2.96. The van der Waals surface area contributed by atoms with Crippen LogP contribution >= 0.6 is 0 Å². The van der Waals surface area contributed by atoms with Gasteiger partial charge in [0.1, 0.15) is 5.75 Å². The first kappa shape index (κ1) is 18.3. The zero-order valence-corrected chi connectivity index (χ0v) is 16.3. The minimum Gasteiger partial charge on any atom is -0.497 e. The molecule has 4 saturated carbocycles. The molecule has 0 saturated heterocycles. The van der Waals surface area contributed by atoms with E-state index in [0.29, 0.717) is 11.3 Å². The van der Waals surface area contributed by atoms with Crippen molar-refractivity contribution in [2.45, 2.75) is 51.5 Å². The molecule has 4 aliphatic rings. The van der Waals surface area contributed by atoms with E-state index in [1.165, 1.54) is 38.5 Å². The average Bonchev–Trinajstić information content (AvgIpc) is 2.65. The molecule has 2 amide bonds. The predicted molar refractivity (Wildman–Crippen MR) is 104 cm³/mol. The Morgan fingerprint density at radius 1 is 1.07 bits per heavy atom. The molecule has 0 heterocycles. The van der Waals surface area contributed by atoms with E-state index < -0.39 is 0 Å². The summed E-state index contributed by atoms with van der Waals surface area (Å²) in [6, 6.07) is 7.05. The lowest BCUT2D eigenvalue weighted by Gasteiger charge is -2.59. The molecular weight excluding hydrogens is 340 g/mol. The zero-order valence-electron chi connectivity index (χ0n) is 16.3. The number of nitrogens with one attached hydrogen (secondary N) is 2. The third kappa shape index (κ3) is 3.69. The lowest BCUT2D eigenvalue weighted by molar-refractivity contribution is -0.124. The van der Waals surface area contributed by atoms with Gasteiger partial charge in [-0.05, 0) is 92.9 Å². The molecule has 5 rings (SSSR count). The van der Waals surface area contributed by atoms with Crippen molar-refractivity contribution >= 4 is 11.8 Å². The lowest BCUT2D eigenvalue weighted by Crippen LogP contribution is -2.56. The van der Waals surface area contributed by atoms with Crippen molar-refractivity contribution in [3.8, 4) is 5.75 Å². The smallest absolute Gasteiger partial charge is 0.251 e. The van der Waals surface area contributed by atoms with Gasteiger partial charge in [0.15, 0.2) is 0 Å². The highest BCUT2D eigenvalue weighted by atomic mass is 16.5. The van der Waals surface area contributed by atoms with Crippen LogP contribution in [0.4, 0.5) is 0 Å². The van der Waals surface area contributed by atoms with E-state index >= 15 is 0 Å². The normalized spacial score (nSPS) is 32.0. The molecule has 0 aliphatic heterocycles. The van der Waals surface area contributed by atoms with Gasteiger partial charge in [-0.15, -0.1) is 0 Å². The quantitative estimate of drug-likeness (QED) is 0.808. The number of ether oxygens (including phenoxy) is 1. The summed E-state index contributed by atoms with van der Waals surface area (Å²) in [7, 11) is 1.59. The Hall–Kier alpha value is -2.04. The van der Waals surface area contributed by atoms with Crippen LogP contribution in [0.2, 0.25) is 0 Å². The molecule has 1 aromatic rings. The highest BCUT2D eigenvalue weighted by Gasteiger charge is 2.53. The Balaban J connectivity index is 1.29. The molecule has 4 fully saturated rings. The molecular formula is C22H30N2O3. The number of methoxy groups -OCH3 is 1. The number of carbonyl (C=O) groups excluding carboxylic acids is 2. The summed E-state index contributed by atoms with van der Waals surface area (Å²) in [5, 5.41) is 5.91. The van der Waals surface area contributed by atoms with Crippen LogP contribution in [-0.4, -0.2) is 31.5 Å². The third-order valence-electron chi connectivity index (χ3n) is 7.14. The zero-order chi connectivity index (χ0) is 19.0. The summed E-state index contributed by atoms with van der Waals surface area (Å²) in [4.78, 5) is 24.7. The van der Waals surface area contributed by atoms with E-state index in [4.69, 9.17) is 4.74 Å². The number of hydrogen-bond acceptors (Lipinski definition) is 3. The summed E-state index contributed by atoms with van der Waals surface area (Å²) in [6.45, 7) is 2.18. The van der Waals surface area contributed by atoms with Crippen molar-refractivity contribution in [2.24, 2.45) is 23.2 Å². The molecule has 2 N–H and O–H groups in total. The second kappa shape index (κ2) is 7.17. The van der Waals surface area contributed by atoms with Crippen LogP contribution in [-0.2, 0) is 4.79 Å². The van der Waals surface area contributed by atoms with Crippen molar-refractivity contribution in [1.29, 1.82) is 0 Å². The number of hydrogen-bond donors (Lipinski definition) is 2. The molecule has 4 bridgehead atoms. The summed E-state index contributed by atoms with van der Waals surface area (Å²) >= 11 is 0. The molecule has 5 nitrogen and oxygen atoms in total. The maximum atomic E-state index is 12.4. The molecule has 4 aliphatic carbocycles. The van der Waals surface area contributed by atoms with E-state index in [2.05, 4.69) is 17.6 Å². The van der Waals surface area contributed by atoms with Crippen LogP contribution in [0.5, 0.6) is 5.75 Å². The molecule has 1 aromatic carbocycles. The van der Waals surface area contributed by atoms with E-state index in [1.54, 1.807) is 31.4 Å². The van der Waals surface area contributed by atoms with Gasteiger partial charge in [-0.25, -0.2) is 0 Å². The highest BCUT2D eigenvalue weighted by molar-refractivity contribution is 5.96. The molecule has 5 heteroatoms.